The summed E-state index contributed by atoms with van der Waals surface area (Å²) in [6.07, 6.45) is 0.928. The van der Waals surface area contributed by atoms with Gasteiger partial charge in [0.1, 0.15) is 11.4 Å². The summed E-state index contributed by atoms with van der Waals surface area (Å²) in [5, 5.41) is 5.47. The molecule has 1 aromatic heterocycles. The lowest BCUT2D eigenvalue weighted by Gasteiger charge is -2.09. The molecule has 0 saturated heterocycles. The van der Waals surface area contributed by atoms with Crippen molar-refractivity contribution in [3.8, 4) is 11.4 Å². The number of aryl methyl sites for hydroxylation is 1. The highest BCUT2D eigenvalue weighted by Crippen LogP contribution is 2.17. The van der Waals surface area contributed by atoms with E-state index in [0.717, 1.165) is 6.42 Å². The molecule has 2 amide bonds. The number of nitrogens with one attached hydrogen (secondary N) is 2. The van der Waals surface area contributed by atoms with Gasteiger partial charge in [-0.3, -0.25) is 19.1 Å². The molecule has 1 heterocycles. The monoisotopic (exact) mass is 484 g/mol. The van der Waals surface area contributed by atoms with Gasteiger partial charge >= 0.3 is 0 Å². The third-order valence-corrected chi connectivity index (χ3v) is 5.90. The molecule has 0 aliphatic carbocycles. The highest BCUT2D eigenvalue weighted by molar-refractivity contribution is 6.05. The van der Waals surface area contributed by atoms with Gasteiger partial charge in [0.05, 0.1) is 11.4 Å². The average Bonchev–Trinajstić information content (AvgIpc) is 3.11. The summed E-state index contributed by atoms with van der Waals surface area (Å²) in [6.45, 7) is 3.67. The van der Waals surface area contributed by atoms with Crippen molar-refractivity contribution in [1.29, 1.82) is 0 Å². The summed E-state index contributed by atoms with van der Waals surface area (Å²) in [4.78, 5) is 38.4. The van der Waals surface area contributed by atoms with Crippen molar-refractivity contribution in [3.05, 3.63) is 106 Å². The summed E-state index contributed by atoms with van der Waals surface area (Å²) < 4.78 is 8.73. The molecule has 4 aromatic rings. The third-order valence-electron chi connectivity index (χ3n) is 5.90. The molecule has 0 spiro atoms. The van der Waals surface area contributed by atoms with E-state index in [9.17, 15) is 14.4 Å². The Labute approximate surface area is 209 Å². The Balaban J connectivity index is 1.43. The maximum absolute atomic E-state index is 13.1. The smallest absolute Gasteiger partial charge is 0.295 e. The van der Waals surface area contributed by atoms with Gasteiger partial charge in [-0.05, 0) is 61.4 Å². The molecule has 2 N–H and O–H groups in total. The first-order valence-electron chi connectivity index (χ1n) is 11.6. The predicted octanol–water partition coefficient (Wildman–Crippen LogP) is 4.32. The number of para-hydroxylation sites is 1. The maximum Gasteiger partial charge on any atom is 0.295 e. The van der Waals surface area contributed by atoms with E-state index in [2.05, 4.69) is 17.6 Å². The van der Waals surface area contributed by atoms with Crippen molar-refractivity contribution in [3.63, 3.8) is 0 Å². The van der Waals surface area contributed by atoms with Crippen LogP contribution in [0.4, 0.5) is 11.4 Å². The molecule has 0 aliphatic heterocycles. The van der Waals surface area contributed by atoms with Gasteiger partial charge in [0.15, 0.2) is 6.61 Å². The number of carbonyl (C=O) groups excluding carboxylic acids is 2. The zero-order chi connectivity index (χ0) is 25.7. The number of rotatable bonds is 8. The van der Waals surface area contributed by atoms with Crippen LogP contribution in [0, 0.1) is 6.92 Å². The van der Waals surface area contributed by atoms with Crippen molar-refractivity contribution in [2.45, 2.75) is 20.3 Å². The number of amides is 2. The molecule has 4 rings (SSSR count). The van der Waals surface area contributed by atoms with Crippen LogP contribution in [-0.4, -0.2) is 27.8 Å². The van der Waals surface area contributed by atoms with Crippen molar-refractivity contribution < 1.29 is 14.3 Å². The minimum Gasteiger partial charge on any atom is -0.484 e. The van der Waals surface area contributed by atoms with E-state index < -0.39 is 5.91 Å². The molecule has 0 bridgehead atoms. The molecule has 0 saturated carbocycles. The fraction of sp³-hybridized carbons (Fsp3) is 0.179. The Morgan fingerprint density at radius 1 is 0.917 bits per heavy atom. The molecule has 8 nitrogen and oxygen atoms in total. The molecule has 8 heteroatoms. The van der Waals surface area contributed by atoms with E-state index in [1.165, 1.54) is 10.2 Å². The second-order valence-corrected chi connectivity index (χ2v) is 8.31. The number of ether oxygens (including phenoxy) is 1. The first-order chi connectivity index (χ1) is 17.4. The van der Waals surface area contributed by atoms with Gasteiger partial charge in [-0.15, -0.1) is 0 Å². The fourth-order valence-electron chi connectivity index (χ4n) is 3.80. The highest BCUT2D eigenvalue weighted by Gasteiger charge is 2.19. The lowest BCUT2D eigenvalue weighted by atomic mass is 10.2. The van der Waals surface area contributed by atoms with Crippen molar-refractivity contribution in [1.82, 2.24) is 9.36 Å². The largest absolute Gasteiger partial charge is 0.484 e. The van der Waals surface area contributed by atoms with Gasteiger partial charge < -0.3 is 15.4 Å². The predicted molar refractivity (Wildman–Crippen MR) is 140 cm³/mol. The van der Waals surface area contributed by atoms with Crippen LogP contribution in [-0.2, 0) is 18.3 Å². The summed E-state index contributed by atoms with van der Waals surface area (Å²) in [5.74, 6) is -0.198. The molecule has 0 unspecified atom stereocenters. The van der Waals surface area contributed by atoms with Crippen LogP contribution in [0.2, 0.25) is 0 Å². The van der Waals surface area contributed by atoms with E-state index in [4.69, 9.17) is 4.74 Å². The number of hydrogen-bond acceptors (Lipinski definition) is 4. The fourth-order valence-corrected chi connectivity index (χ4v) is 3.80. The lowest BCUT2D eigenvalue weighted by Crippen LogP contribution is -2.23. The number of nitrogens with zero attached hydrogens (tertiary/aromatic N) is 2. The Morgan fingerprint density at radius 3 is 2.33 bits per heavy atom. The Morgan fingerprint density at radius 2 is 1.64 bits per heavy atom. The second-order valence-electron chi connectivity index (χ2n) is 8.31. The van der Waals surface area contributed by atoms with E-state index in [-0.39, 0.29) is 23.8 Å². The van der Waals surface area contributed by atoms with E-state index in [0.29, 0.717) is 28.4 Å². The summed E-state index contributed by atoms with van der Waals surface area (Å²) in [7, 11) is 1.76. The molecule has 0 aliphatic rings. The van der Waals surface area contributed by atoms with E-state index >= 15 is 0 Å². The van der Waals surface area contributed by atoms with Gasteiger partial charge in [0.2, 0.25) is 0 Å². The molecule has 184 valence electrons. The van der Waals surface area contributed by atoms with Crippen LogP contribution < -0.4 is 20.9 Å². The minimum atomic E-state index is -0.454. The van der Waals surface area contributed by atoms with Gasteiger partial charge in [0, 0.05) is 18.3 Å². The van der Waals surface area contributed by atoms with Crippen molar-refractivity contribution >= 4 is 23.2 Å². The van der Waals surface area contributed by atoms with Crippen LogP contribution >= 0.6 is 0 Å². The maximum atomic E-state index is 13.1. The quantitative estimate of drug-likeness (QED) is 0.390. The normalized spacial score (nSPS) is 10.6. The number of carbonyl (C=O) groups is 2. The van der Waals surface area contributed by atoms with E-state index in [1.54, 1.807) is 42.9 Å². The second kappa shape index (κ2) is 10.8. The molecule has 0 fully saturated rings. The van der Waals surface area contributed by atoms with Gasteiger partial charge in [-0.25, -0.2) is 4.68 Å². The summed E-state index contributed by atoms with van der Waals surface area (Å²) in [6, 6.07) is 23.3. The topological polar surface area (TPSA) is 94.4 Å². The van der Waals surface area contributed by atoms with Crippen molar-refractivity contribution in [2.24, 2.45) is 7.05 Å². The molecule has 0 radical (unpaired) electrons. The Hall–Kier alpha value is -4.59. The zero-order valence-corrected chi connectivity index (χ0v) is 20.4. The van der Waals surface area contributed by atoms with Crippen LogP contribution in [0.15, 0.2) is 83.7 Å². The van der Waals surface area contributed by atoms with Crippen LogP contribution in [0.3, 0.4) is 0 Å². The molecular weight excluding hydrogens is 456 g/mol. The summed E-state index contributed by atoms with van der Waals surface area (Å²) in [5.41, 5.74) is 3.12. The third kappa shape index (κ3) is 5.38. The molecular formula is C28H28N4O4. The van der Waals surface area contributed by atoms with Crippen LogP contribution in [0.5, 0.6) is 5.75 Å². The zero-order valence-electron chi connectivity index (χ0n) is 20.4. The summed E-state index contributed by atoms with van der Waals surface area (Å²) >= 11 is 0. The SMILES string of the molecule is CCc1ccc(OCC(=O)Nc2cccc(C(=O)Nc3c(C)n(C)n(-c4ccccc4)c3=O)c2)cc1. The molecule has 3 aromatic carbocycles. The van der Waals surface area contributed by atoms with Gasteiger partial charge in [0.25, 0.3) is 17.4 Å². The molecule has 36 heavy (non-hydrogen) atoms. The number of benzene rings is 3. The van der Waals surface area contributed by atoms with Crippen LogP contribution in [0.25, 0.3) is 5.69 Å². The number of anilines is 2. The van der Waals surface area contributed by atoms with Gasteiger partial charge in [-0.2, -0.15) is 0 Å². The minimum absolute atomic E-state index is 0.163. The Kier molecular flexibility index (Phi) is 7.34. The molecule has 0 atom stereocenters. The standard InChI is InChI=1S/C28H28N4O4/c1-4-20-13-15-24(16-14-20)36-18-25(33)29-22-10-8-9-21(17-22)27(34)30-26-19(2)31(3)32(28(26)35)23-11-6-5-7-12-23/h5-17H,4,18H2,1-3H3,(H,29,33)(H,30,34). The van der Waals surface area contributed by atoms with E-state index in [1.807, 2.05) is 54.6 Å². The highest BCUT2D eigenvalue weighted by atomic mass is 16.5. The number of hydrogen-bond donors (Lipinski definition) is 2. The van der Waals surface area contributed by atoms with Crippen LogP contribution in [0.1, 0.15) is 28.5 Å². The van der Waals surface area contributed by atoms with Crippen molar-refractivity contribution in [2.75, 3.05) is 17.2 Å². The first-order valence-corrected chi connectivity index (χ1v) is 11.6. The van der Waals surface area contributed by atoms with Gasteiger partial charge in [-0.1, -0.05) is 43.3 Å². The number of aromatic nitrogens is 2. The first kappa shape index (κ1) is 24.5. The average molecular weight is 485 g/mol. The Bertz CT molecular complexity index is 1440. The lowest BCUT2D eigenvalue weighted by molar-refractivity contribution is -0.118.